The number of hydrogen-bond donors (Lipinski definition) is 2. The molecule has 0 heterocycles. The zero-order chi connectivity index (χ0) is 18.4. The summed E-state index contributed by atoms with van der Waals surface area (Å²) in [4.78, 5) is 22.9. The molecule has 1 atom stereocenters. The summed E-state index contributed by atoms with van der Waals surface area (Å²) in [6.07, 6.45) is 0. The van der Waals surface area contributed by atoms with Crippen LogP contribution in [0.1, 0.15) is 19.4 Å². The lowest BCUT2D eigenvalue weighted by atomic mass is 10.0. The standard InChI is InChI=1S/C20H23NO4/c1-13(2)19(20(23)24)21-18(22)12-25-17-10-8-16(9-11-17)15-6-4-14(3)5-7-15/h4-11,13,19H,12H2,1-3H3,(H,21,22)(H,23,24). The first-order valence-corrected chi connectivity index (χ1v) is 8.19. The van der Waals surface area contributed by atoms with Gasteiger partial charge in [-0.15, -0.1) is 0 Å². The molecular weight excluding hydrogens is 318 g/mol. The van der Waals surface area contributed by atoms with Crippen molar-refractivity contribution in [2.24, 2.45) is 5.92 Å². The normalized spacial score (nSPS) is 11.8. The van der Waals surface area contributed by atoms with Gasteiger partial charge in [0.15, 0.2) is 6.61 Å². The van der Waals surface area contributed by atoms with E-state index in [0.29, 0.717) is 5.75 Å². The van der Waals surface area contributed by atoms with Crippen molar-refractivity contribution < 1.29 is 19.4 Å². The second-order valence-electron chi connectivity index (χ2n) is 6.31. The molecule has 0 bridgehead atoms. The second kappa shape index (κ2) is 8.33. The number of carbonyl (C=O) groups excluding carboxylic acids is 1. The Labute approximate surface area is 147 Å². The smallest absolute Gasteiger partial charge is 0.326 e. The Bertz CT molecular complexity index is 720. The molecule has 0 aliphatic carbocycles. The first-order valence-electron chi connectivity index (χ1n) is 8.19. The molecule has 0 aliphatic heterocycles. The van der Waals surface area contributed by atoms with Gasteiger partial charge in [0.1, 0.15) is 11.8 Å². The number of aliphatic carboxylic acids is 1. The minimum Gasteiger partial charge on any atom is -0.484 e. The first-order chi connectivity index (χ1) is 11.9. The molecule has 0 fully saturated rings. The summed E-state index contributed by atoms with van der Waals surface area (Å²) in [6, 6.07) is 14.7. The third kappa shape index (κ3) is 5.35. The molecule has 0 spiro atoms. The van der Waals surface area contributed by atoms with Crippen LogP contribution in [0.25, 0.3) is 11.1 Å². The molecule has 5 heteroatoms. The van der Waals surface area contributed by atoms with Gasteiger partial charge in [-0.3, -0.25) is 4.79 Å². The van der Waals surface area contributed by atoms with Gasteiger partial charge in [-0.1, -0.05) is 55.8 Å². The van der Waals surface area contributed by atoms with E-state index in [0.717, 1.165) is 11.1 Å². The van der Waals surface area contributed by atoms with Gasteiger partial charge in [-0.05, 0) is 36.1 Å². The van der Waals surface area contributed by atoms with Gasteiger partial charge < -0.3 is 15.2 Å². The number of ether oxygens (including phenoxy) is 1. The van der Waals surface area contributed by atoms with Crippen molar-refractivity contribution in [2.45, 2.75) is 26.8 Å². The predicted octanol–water partition coefficient (Wildman–Crippen LogP) is 3.27. The number of amides is 1. The first kappa shape index (κ1) is 18.5. The van der Waals surface area contributed by atoms with E-state index in [1.807, 2.05) is 19.1 Å². The molecule has 0 saturated carbocycles. The number of benzene rings is 2. The summed E-state index contributed by atoms with van der Waals surface area (Å²) < 4.78 is 5.43. The summed E-state index contributed by atoms with van der Waals surface area (Å²) in [7, 11) is 0. The van der Waals surface area contributed by atoms with Gasteiger partial charge in [0.05, 0.1) is 0 Å². The lowest BCUT2D eigenvalue weighted by Gasteiger charge is -2.18. The second-order valence-corrected chi connectivity index (χ2v) is 6.31. The molecule has 2 aromatic rings. The number of hydrogen-bond acceptors (Lipinski definition) is 3. The number of rotatable bonds is 7. The van der Waals surface area contributed by atoms with Crippen molar-refractivity contribution in [3.05, 3.63) is 54.1 Å². The summed E-state index contributed by atoms with van der Waals surface area (Å²) in [5.74, 6) is -1.15. The highest BCUT2D eigenvalue weighted by molar-refractivity contribution is 5.84. The highest BCUT2D eigenvalue weighted by atomic mass is 16.5. The summed E-state index contributed by atoms with van der Waals surface area (Å²) in [5.41, 5.74) is 3.37. The lowest BCUT2D eigenvalue weighted by Crippen LogP contribution is -2.46. The summed E-state index contributed by atoms with van der Waals surface area (Å²) >= 11 is 0. The fourth-order valence-corrected chi connectivity index (χ4v) is 2.37. The third-order valence-electron chi connectivity index (χ3n) is 3.86. The Morgan fingerprint density at radius 2 is 1.52 bits per heavy atom. The van der Waals surface area contributed by atoms with Crippen LogP contribution in [0, 0.1) is 12.8 Å². The quantitative estimate of drug-likeness (QED) is 0.810. The fourth-order valence-electron chi connectivity index (χ4n) is 2.37. The average molecular weight is 341 g/mol. The van der Waals surface area contributed by atoms with E-state index in [-0.39, 0.29) is 12.5 Å². The van der Waals surface area contributed by atoms with E-state index < -0.39 is 17.9 Å². The maximum Gasteiger partial charge on any atom is 0.326 e. The van der Waals surface area contributed by atoms with E-state index >= 15 is 0 Å². The molecule has 0 saturated heterocycles. The molecule has 0 radical (unpaired) electrons. The Morgan fingerprint density at radius 1 is 1.00 bits per heavy atom. The van der Waals surface area contributed by atoms with Crippen molar-refractivity contribution >= 4 is 11.9 Å². The number of aryl methyl sites for hydroxylation is 1. The molecule has 0 aliphatic rings. The number of carboxylic acid groups (broad SMARTS) is 1. The molecule has 1 amide bonds. The lowest BCUT2D eigenvalue weighted by molar-refractivity contribution is -0.143. The fraction of sp³-hybridized carbons (Fsp3) is 0.300. The molecular formula is C20H23NO4. The Kier molecular flexibility index (Phi) is 6.17. The molecule has 1 unspecified atom stereocenters. The van der Waals surface area contributed by atoms with Crippen LogP contribution in [0.2, 0.25) is 0 Å². The van der Waals surface area contributed by atoms with Gasteiger partial charge in [0.2, 0.25) is 0 Å². The van der Waals surface area contributed by atoms with Crippen LogP contribution in [0.3, 0.4) is 0 Å². The highest BCUT2D eigenvalue weighted by Crippen LogP contribution is 2.22. The van der Waals surface area contributed by atoms with Crippen molar-refractivity contribution in [2.75, 3.05) is 6.61 Å². The van der Waals surface area contributed by atoms with Crippen molar-refractivity contribution in [1.29, 1.82) is 0 Å². The molecule has 132 valence electrons. The topological polar surface area (TPSA) is 75.6 Å². The van der Waals surface area contributed by atoms with Crippen molar-refractivity contribution in [3.8, 4) is 16.9 Å². The minimum atomic E-state index is -1.05. The van der Waals surface area contributed by atoms with Gasteiger partial charge >= 0.3 is 5.97 Å². The molecule has 2 N–H and O–H groups in total. The van der Waals surface area contributed by atoms with Crippen molar-refractivity contribution in [1.82, 2.24) is 5.32 Å². The molecule has 2 rings (SSSR count). The molecule has 0 aromatic heterocycles. The van der Waals surface area contributed by atoms with Crippen LogP contribution in [0.15, 0.2) is 48.5 Å². The van der Waals surface area contributed by atoms with Crippen molar-refractivity contribution in [3.63, 3.8) is 0 Å². The molecule has 2 aromatic carbocycles. The largest absolute Gasteiger partial charge is 0.484 e. The Morgan fingerprint density at radius 3 is 2.00 bits per heavy atom. The van der Waals surface area contributed by atoms with E-state index in [9.17, 15) is 9.59 Å². The summed E-state index contributed by atoms with van der Waals surface area (Å²) in [5, 5.41) is 11.5. The van der Waals surface area contributed by atoms with Gasteiger partial charge in [-0.25, -0.2) is 4.79 Å². The number of nitrogens with one attached hydrogen (secondary N) is 1. The highest BCUT2D eigenvalue weighted by Gasteiger charge is 2.23. The summed E-state index contributed by atoms with van der Waals surface area (Å²) in [6.45, 7) is 5.30. The number of carbonyl (C=O) groups is 2. The van der Waals surface area contributed by atoms with Crippen LogP contribution in [-0.4, -0.2) is 29.6 Å². The predicted molar refractivity (Wildman–Crippen MR) is 96.5 cm³/mol. The maximum atomic E-state index is 11.9. The van der Waals surface area contributed by atoms with E-state index in [1.165, 1.54) is 5.56 Å². The monoisotopic (exact) mass is 341 g/mol. The van der Waals surface area contributed by atoms with Crippen LogP contribution in [-0.2, 0) is 9.59 Å². The Balaban J connectivity index is 1.92. The van der Waals surface area contributed by atoms with E-state index in [2.05, 4.69) is 29.6 Å². The van der Waals surface area contributed by atoms with Crippen LogP contribution in [0.4, 0.5) is 0 Å². The maximum absolute atomic E-state index is 11.9. The van der Waals surface area contributed by atoms with Gasteiger partial charge in [0.25, 0.3) is 5.91 Å². The van der Waals surface area contributed by atoms with Crippen LogP contribution < -0.4 is 10.1 Å². The molecule has 5 nitrogen and oxygen atoms in total. The third-order valence-corrected chi connectivity index (χ3v) is 3.86. The zero-order valence-electron chi connectivity index (χ0n) is 14.7. The zero-order valence-corrected chi connectivity index (χ0v) is 14.7. The SMILES string of the molecule is Cc1ccc(-c2ccc(OCC(=O)NC(C(=O)O)C(C)C)cc2)cc1. The minimum absolute atomic E-state index is 0.199. The van der Waals surface area contributed by atoms with Crippen LogP contribution in [0.5, 0.6) is 5.75 Å². The van der Waals surface area contributed by atoms with E-state index in [4.69, 9.17) is 9.84 Å². The molecule has 25 heavy (non-hydrogen) atoms. The number of carboxylic acids is 1. The van der Waals surface area contributed by atoms with Gasteiger partial charge in [0, 0.05) is 0 Å². The van der Waals surface area contributed by atoms with E-state index in [1.54, 1.807) is 26.0 Å². The van der Waals surface area contributed by atoms with Gasteiger partial charge in [-0.2, -0.15) is 0 Å². The van der Waals surface area contributed by atoms with Crippen LogP contribution >= 0.6 is 0 Å². The Hall–Kier alpha value is -2.82. The average Bonchev–Trinajstić information content (AvgIpc) is 2.58.